The summed E-state index contributed by atoms with van der Waals surface area (Å²) in [6.45, 7) is 5.37. The van der Waals surface area contributed by atoms with Crippen LogP contribution in [0.3, 0.4) is 0 Å². The number of anilines is 2. The molecule has 0 saturated heterocycles. The first-order valence-electron chi connectivity index (χ1n) is 11.5. The minimum absolute atomic E-state index is 0.443. The fourth-order valence-electron chi connectivity index (χ4n) is 4.23. The lowest BCUT2D eigenvalue weighted by atomic mass is 10.2. The zero-order valence-electron chi connectivity index (χ0n) is 18.6. The van der Waals surface area contributed by atoms with Gasteiger partial charge in [-0.3, -0.25) is 19.2 Å². The number of fused-ring (bicyclic) bond motifs is 2. The van der Waals surface area contributed by atoms with E-state index in [0.717, 1.165) is 61.1 Å². The summed E-state index contributed by atoms with van der Waals surface area (Å²) in [6.07, 6.45) is 8.25. The van der Waals surface area contributed by atoms with E-state index in [9.17, 15) is 19.2 Å². The van der Waals surface area contributed by atoms with Crippen LogP contribution >= 0.6 is 22.7 Å². The molecule has 0 N–H and O–H groups in total. The maximum Gasteiger partial charge on any atom is 0.300 e. The number of carbonyl (C=O) groups is 4. The van der Waals surface area contributed by atoms with E-state index < -0.39 is 23.4 Å². The molecule has 4 heterocycles. The van der Waals surface area contributed by atoms with Gasteiger partial charge in [-0.1, -0.05) is 52.4 Å². The Morgan fingerprint density at radius 2 is 1.03 bits per heavy atom. The summed E-state index contributed by atoms with van der Waals surface area (Å²) in [4.78, 5) is 55.7. The summed E-state index contributed by atoms with van der Waals surface area (Å²) >= 11 is 2.60. The topological polar surface area (TPSA) is 74.8 Å². The monoisotopic (exact) mass is 472 g/mol. The number of hydrogen-bond donors (Lipinski definition) is 0. The minimum Gasteiger partial charge on any atom is -0.304 e. The van der Waals surface area contributed by atoms with Crippen molar-refractivity contribution in [2.45, 2.75) is 65.2 Å². The van der Waals surface area contributed by atoms with Crippen LogP contribution in [0.25, 0.3) is 9.75 Å². The third-order valence-electron chi connectivity index (χ3n) is 6.01. The Bertz CT molecular complexity index is 984. The van der Waals surface area contributed by atoms with Crippen molar-refractivity contribution < 1.29 is 19.2 Å². The molecule has 2 amide bonds. The first kappa shape index (κ1) is 22.9. The molecule has 2 aromatic rings. The normalized spacial score (nSPS) is 15.3. The zero-order chi connectivity index (χ0) is 22.8. The molecule has 0 atom stereocenters. The summed E-state index contributed by atoms with van der Waals surface area (Å²) in [7, 11) is 0. The molecular weight excluding hydrogens is 444 g/mol. The maximum absolute atomic E-state index is 12.5. The van der Waals surface area contributed by atoms with Gasteiger partial charge in [0.05, 0.1) is 11.4 Å². The van der Waals surface area contributed by atoms with Crippen LogP contribution in [0.5, 0.6) is 0 Å². The number of unbranched alkanes of at least 4 members (excludes halogenated alkanes) is 6. The van der Waals surface area contributed by atoms with E-state index in [1.165, 1.54) is 22.7 Å². The van der Waals surface area contributed by atoms with Crippen molar-refractivity contribution in [1.82, 2.24) is 0 Å². The van der Waals surface area contributed by atoms with Gasteiger partial charge in [-0.2, -0.15) is 0 Å². The van der Waals surface area contributed by atoms with E-state index >= 15 is 0 Å². The molecule has 2 aliphatic heterocycles. The summed E-state index contributed by atoms with van der Waals surface area (Å²) in [5.41, 5.74) is 1.37. The average molecular weight is 473 g/mol. The quantitative estimate of drug-likeness (QED) is 0.311. The molecule has 8 heteroatoms. The summed E-state index contributed by atoms with van der Waals surface area (Å²) in [5.74, 6) is -1.77. The highest BCUT2D eigenvalue weighted by Gasteiger charge is 2.40. The molecule has 0 spiro atoms. The van der Waals surface area contributed by atoms with E-state index in [0.29, 0.717) is 34.2 Å². The van der Waals surface area contributed by atoms with Crippen LogP contribution in [-0.2, 0) is 9.59 Å². The van der Waals surface area contributed by atoms with Gasteiger partial charge in [-0.15, -0.1) is 22.7 Å². The summed E-state index contributed by atoms with van der Waals surface area (Å²) < 4.78 is 0. The lowest BCUT2D eigenvalue weighted by molar-refractivity contribution is -0.114. The van der Waals surface area contributed by atoms with Crippen LogP contribution in [0.1, 0.15) is 84.6 Å². The largest absolute Gasteiger partial charge is 0.304 e. The van der Waals surface area contributed by atoms with E-state index in [1.807, 2.05) is 12.1 Å². The number of rotatable bonds is 11. The highest BCUT2D eigenvalue weighted by molar-refractivity contribution is 7.25. The van der Waals surface area contributed by atoms with Gasteiger partial charge in [0.1, 0.15) is 9.75 Å². The van der Waals surface area contributed by atoms with Gasteiger partial charge >= 0.3 is 0 Å². The predicted octanol–water partition coefficient (Wildman–Crippen LogP) is 5.70. The molecule has 0 radical (unpaired) electrons. The van der Waals surface area contributed by atoms with Crippen molar-refractivity contribution in [2.24, 2.45) is 0 Å². The van der Waals surface area contributed by atoms with Crippen molar-refractivity contribution in [3.05, 3.63) is 21.9 Å². The van der Waals surface area contributed by atoms with E-state index in [2.05, 4.69) is 13.8 Å². The molecule has 0 aromatic carbocycles. The number of carbonyl (C=O) groups excluding carboxylic acids is 4. The van der Waals surface area contributed by atoms with Gasteiger partial charge < -0.3 is 9.80 Å². The molecule has 0 fully saturated rings. The lowest BCUT2D eigenvalue weighted by Crippen LogP contribution is -2.30. The molecule has 0 saturated carbocycles. The number of hydrogen-bond acceptors (Lipinski definition) is 6. The smallest absolute Gasteiger partial charge is 0.300 e. The molecule has 4 rings (SSSR count). The van der Waals surface area contributed by atoms with Gasteiger partial charge in [-0.05, 0) is 25.0 Å². The predicted molar refractivity (Wildman–Crippen MR) is 129 cm³/mol. The van der Waals surface area contributed by atoms with Crippen molar-refractivity contribution in [3.63, 3.8) is 0 Å². The average Bonchev–Trinajstić information content (AvgIpc) is 3.50. The molecule has 6 nitrogen and oxygen atoms in total. The number of ketones is 2. The van der Waals surface area contributed by atoms with Crippen molar-refractivity contribution >= 4 is 57.4 Å². The molecule has 32 heavy (non-hydrogen) atoms. The number of Topliss-reactive ketones (excluding diaryl/α,β-unsaturated/α-hetero) is 2. The van der Waals surface area contributed by atoms with Gasteiger partial charge in [0.25, 0.3) is 23.4 Å². The number of amides is 2. The third kappa shape index (κ3) is 4.06. The van der Waals surface area contributed by atoms with Crippen molar-refractivity contribution in [1.29, 1.82) is 0 Å². The first-order valence-corrected chi connectivity index (χ1v) is 13.1. The fourth-order valence-corrected chi connectivity index (χ4v) is 6.48. The molecule has 170 valence electrons. The van der Waals surface area contributed by atoms with Crippen LogP contribution < -0.4 is 9.80 Å². The Morgan fingerprint density at radius 3 is 1.41 bits per heavy atom. The molecule has 2 aromatic heterocycles. The molecule has 0 unspecified atom stereocenters. The summed E-state index contributed by atoms with van der Waals surface area (Å²) in [5, 5.41) is 0. The van der Waals surface area contributed by atoms with Crippen LogP contribution in [-0.4, -0.2) is 36.5 Å². The van der Waals surface area contributed by atoms with E-state index in [4.69, 9.17) is 0 Å². The van der Waals surface area contributed by atoms with Crippen LogP contribution in [0.15, 0.2) is 12.1 Å². The molecule has 0 aliphatic carbocycles. The fraction of sp³-hybridized carbons (Fsp3) is 0.500. The van der Waals surface area contributed by atoms with Gasteiger partial charge in [0.2, 0.25) is 0 Å². The second-order valence-corrected chi connectivity index (χ2v) is 10.4. The number of nitrogens with zero attached hydrogens (tertiary/aromatic N) is 2. The van der Waals surface area contributed by atoms with E-state index in [-0.39, 0.29) is 0 Å². The molecular formula is C24H28N2O4S2. The Hall–Kier alpha value is -2.32. The molecule has 0 bridgehead atoms. The Balaban J connectivity index is 1.55. The van der Waals surface area contributed by atoms with Crippen LogP contribution in [0, 0.1) is 0 Å². The Labute approximate surface area is 196 Å². The minimum atomic E-state index is -0.445. The zero-order valence-corrected chi connectivity index (χ0v) is 20.2. The van der Waals surface area contributed by atoms with Gasteiger partial charge in [-0.25, -0.2) is 0 Å². The highest BCUT2D eigenvalue weighted by atomic mass is 32.1. The van der Waals surface area contributed by atoms with Crippen LogP contribution in [0.4, 0.5) is 11.4 Å². The van der Waals surface area contributed by atoms with Crippen molar-refractivity contribution in [2.75, 3.05) is 22.9 Å². The number of thiophene rings is 2. The summed E-state index contributed by atoms with van der Waals surface area (Å²) in [6, 6.07) is 3.78. The lowest BCUT2D eigenvalue weighted by Gasteiger charge is -2.15. The van der Waals surface area contributed by atoms with Crippen molar-refractivity contribution in [3.8, 4) is 9.75 Å². The Kier molecular flexibility index (Phi) is 6.90. The maximum atomic E-state index is 12.5. The standard InChI is InChI=1S/C24H28N2O4S2/c1-3-5-7-9-11-25-15-13-17(31-21(15)19(27)23(25)29)18-14-16-22(32-18)20(28)24(30)26(16)12-10-8-6-4-2/h13-14H,3-12H2,1-2H3. The molecule has 2 aliphatic rings. The second kappa shape index (κ2) is 9.67. The first-order chi connectivity index (χ1) is 15.5. The van der Waals surface area contributed by atoms with Crippen LogP contribution in [0.2, 0.25) is 0 Å². The van der Waals surface area contributed by atoms with Gasteiger partial charge in [0.15, 0.2) is 0 Å². The van der Waals surface area contributed by atoms with Gasteiger partial charge in [0, 0.05) is 22.8 Å². The SMILES string of the molecule is CCCCCCN1C(=O)C(=O)c2sc(-c3cc4c(s3)C(=O)C(=O)N4CCCCCC)cc21. The Morgan fingerprint density at radius 1 is 0.625 bits per heavy atom. The van der Waals surface area contributed by atoms with E-state index in [1.54, 1.807) is 9.80 Å². The highest BCUT2D eigenvalue weighted by Crippen LogP contribution is 2.47. The third-order valence-corrected chi connectivity index (χ3v) is 8.45. The second-order valence-electron chi connectivity index (χ2n) is 8.34.